The van der Waals surface area contributed by atoms with Gasteiger partial charge in [0.25, 0.3) is 5.89 Å². The summed E-state index contributed by atoms with van der Waals surface area (Å²) in [6.07, 6.45) is 1.27. The summed E-state index contributed by atoms with van der Waals surface area (Å²) in [5.41, 5.74) is 0.286. The van der Waals surface area contributed by atoms with Gasteiger partial charge in [0.2, 0.25) is 5.89 Å². The summed E-state index contributed by atoms with van der Waals surface area (Å²) < 4.78 is 23.1. The van der Waals surface area contributed by atoms with Gasteiger partial charge in [0.15, 0.2) is 11.6 Å². The number of pyridine rings is 1. The Morgan fingerprint density at radius 3 is 2.73 bits per heavy atom. The average molecular weight is 209 g/mol. The van der Waals surface area contributed by atoms with Crippen molar-refractivity contribution in [1.82, 2.24) is 15.2 Å². The Morgan fingerprint density at radius 1 is 1.40 bits per heavy atom. The van der Waals surface area contributed by atoms with Crippen molar-refractivity contribution in [1.29, 1.82) is 0 Å². The Bertz CT molecular complexity index is 484. The molecule has 0 aliphatic heterocycles. The van der Waals surface area contributed by atoms with Gasteiger partial charge in [0.05, 0.1) is 13.3 Å². The molecule has 0 N–H and O–H groups in total. The van der Waals surface area contributed by atoms with Crippen molar-refractivity contribution < 1.29 is 13.5 Å². The number of hydrogen-bond acceptors (Lipinski definition) is 5. The molecule has 15 heavy (non-hydrogen) atoms. The minimum Gasteiger partial charge on any atom is -0.492 e. The molecule has 0 aliphatic carbocycles. The van der Waals surface area contributed by atoms with Crippen LogP contribution in [0.1, 0.15) is 5.89 Å². The van der Waals surface area contributed by atoms with Crippen LogP contribution >= 0.6 is 0 Å². The molecule has 0 spiro atoms. The van der Waals surface area contributed by atoms with E-state index in [0.29, 0.717) is 5.89 Å². The number of hydrogen-bond donors (Lipinski definition) is 0. The molecule has 0 saturated carbocycles. The highest BCUT2D eigenvalue weighted by molar-refractivity contribution is 5.47. The van der Waals surface area contributed by atoms with E-state index < -0.39 is 5.82 Å². The average Bonchev–Trinajstić information content (AvgIpc) is 2.65. The van der Waals surface area contributed by atoms with E-state index in [0.717, 1.165) is 0 Å². The molecule has 0 atom stereocenters. The first-order valence-corrected chi connectivity index (χ1v) is 4.20. The summed E-state index contributed by atoms with van der Waals surface area (Å²) in [7, 11) is 1.37. The lowest BCUT2D eigenvalue weighted by Gasteiger charge is -2.00. The van der Waals surface area contributed by atoms with Gasteiger partial charge in [-0.25, -0.2) is 9.37 Å². The van der Waals surface area contributed by atoms with E-state index in [1.165, 1.54) is 19.4 Å². The van der Waals surface area contributed by atoms with Gasteiger partial charge in [0.1, 0.15) is 5.69 Å². The van der Waals surface area contributed by atoms with Gasteiger partial charge >= 0.3 is 0 Å². The lowest BCUT2D eigenvalue weighted by atomic mass is 10.3. The molecule has 2 heterocycles. The number of aryl methyl sites for hydroxylation is 1. The first-order chi connectivity index (χ1) is 7.20. The van der Waals surface area contributed by atoms with Gasteiger partial charge in [-0.15, -0.1) is 10.2 Å². The molecule has 0 bridgehead atoms. The van der Waals surface area contributed by atoms with Crippen LogP contribution in [0.5, 0.6) is 5.75 Å². The predicted octanol–water partition coefficient (Wildman–Crippen LogP) is 1.59. The fourth-order valence-electron chi connectivity index (χ4n) is 1.09. The molecule has 78 valence electrons. The topological polar surface area (TPSA) is 61.0 Å². The number of nitrogens with zero attached hydrogens (tertiary/aromatic N) is 3. The second kappa shape index (κ2) is 3.64. The van der Waals surface area contributed by atoms with Crippen LogP contribution in [0.4, 0.5) is 4.39 Å². The van der Waals surface area contributed by atoms with Crippen molar-refractivity contribution in [3.63, 3.8) is 0 Å². The molecule has 6 heteroatoms. The fraction of sp³-hybridized carbons (Fsp3) is 0.222. The second-order valence-corrected chi connectivity index (χ2v) is 2.83. The molecule has 2 aromatic rings. The molecule has 0 aliphatic rings. The summed E-state index contributed by atoms with van der Waals surface area (Å²) >= 11 is 0. The summed E-state index contributed by atoms with van der Waals surface area (Å²) in [5.74, 6) is 0.158. The van der Waals surface area contributed by atoms with Crippen LogP contribution in [0.15, 0.2) is 16.7 Å². The highest BCUT2D eigenvalue weighted by Gasteiger charge is 2.11. The normalized spacial score (nSPS) is 10.3. The monoisotopic (exact) mass is 209 g/mol. The largest absolute Gasteiger partial charge is 0.492 e. The van der Waals surface area contributed by atoms with Crippen molar-refractivity contribution in [2.45, 2.75) is 6.92 Å². The third kappa shape index (κ3) is 1.78. The molecule has 0 radical (unpaired) electrons. The van der Waals surface area contributed by atoms with E-state index in [1.54, 1.807) is 6.92 Å². The highest BCUT2D eigenvalue weighted by atomic mass is 19.1. The van der Waals surface area contributed by atoms with Crippen LogP contribution in [0.25, 0.3) is 11.6 Å². The first kappa shape index (κ1) is 9.57. The van der Waals surface area contributed by atoms with Gasteiger partial charge in [-0.1, -0.05) is 0 Å². The molecule has 0 unspecified atom stereocenters. The smallest absolute Gasteiger partial charge is 0.266 e. The molecular formula is C9H8FN3O2. The Hall–Kier alpha value is -1.98. The van der Waals surface area contributed by atoms with Crippen LogP contribution < -0.4 is 4.74 Å². The number of rotatable bonds is 2. The molecular weight excluding hydrogens is 201 g/mol. The molecule has 0 fully saturated rings. The zero-order chi connectivity index (χ0) is 10.8. The number of aromatic nitrogens is 3. The maximum atomic E-state index is 13.3. The van der Waals surface area contributed by atoms with Crippen molar-refractivity contribution in [3.8, 4) is 17.3 Å². The zero-order valence-electron chi connectivity index (χ0n) is 8.19. The zero-order valence-corrected chi connectivity index (χ0v) is 8.19. The Kier molecular flexibility index (Phi) is 2.32. The van der Waals surface area contributed by atoms with E-state index in [9.17, 15) is 4.39 Å². The summed E-state index contributed by atoms with van der Waals surface area (Å²) in [6, 6.07) is 1.19. The van der Waals surface area contributed by atoms with Crippen LogP contribution in [0, 0.1) is 12.7 Å². The van der Waals surface area contributed by atoms with Gasteiger partial charge < -0.3 is 9.15 Å². The molecule has 5 nitrogen and oxygen atoms in total. The van der Waals surface area contributed by atoms with Crippen molar-refractivity contribution in [2.24, 2.45) is 0 Å². The third-order valence-corrected chi connectivity index (χ3v) is 1.78. The van der Waals surface area contributed by atoms with Crippen molar-refractivity contribution >= 4 is 0 Å². The van der Waals surface area contributed by atoms with Crippen LogP contribution in [0.3, 0.4) is 0 Å². The number of halogens is 1. The summed E-state index contributed by atoms with van der Waals surface area (Å²) in [4.78, 5) is 3.93. The lowest BCUT2D eigenvalue weighted by Crippen LogP contribution is -1.91. The quantitative estimate of drug-likeness (QED) is 0.751. The first-order valence-electron chi connectivity index (χ1n) is 4.20. The van der Waals surface area contributed by atoms with Gasteiger partial charge in [-0.05, 0) is 0 Å². The van der Waals surface area contributed by atoms with E-state index >= 15 is 0 Å². The van der Waals surface area contributed by atoms with Crippen LogP contribution in [-0.2, 0) is 0 Å². The Labute approximate surface area is 84.9 Å². The third-order valence-electron chi connectivity index (χ3n) is 1.78. The maximum absolute atomic E-state index is 13.3. The SMILES string of the molecule is COc1cnc(-c2nnc(C)o2)cc1F. The van der Waals surface area contributed by atoms with Crippen molar-refractivity contribution in [2.75, 3.05) is 7.11 Å². The van der Waals surface area contributed by atoms with Gasteiger partial charge in [-0.3, -0.25) is 0 Å². The molecule has 2 rings (SSSR count). The van der Waals surface area contributed by atoms with Gasteiger partial charge in [0, 0.05) is 13.0 Å². The summed E-state index contributed by atoms with van der Waals surface area (Å²) in [5, 5.41) is 7.35. The molecule has 0 amide bonds. The standard InChI is InChI=1S/C9H8FN3O2/c1-5-12-13-9(15-5)7-3-6(10)8(14-2)4-11-7/h3-4H,1-2H3. The van der Waals surface area contributed by atoms with E-state index in [-0.39, 0.29) is 17.3 Å². The molecule has 0 aromatic carbocycles. The van der Waals surface area contributed by atoms with E-state index in [1.807, 2.05) is 0 Å². The second-order valence-electron chi connectivity index (χ2n) is 2.83. The molecule has 2 aromatic heterocycles. The summed E-state index contributed by atoms with van der Waals surface area (Å²) in [6.45, 7) is 1.65. The van der Waals surface area contributed by atoms with E-state index in [2.05, 4.69) is 15.2 Å². The van der Waals surface area contributed by atoms with Crippen molar-refractivity contribution in [3.05, 3.63) is 24.0 Å². The van der Waals surface area contributed by atoms with E-state index in [4.69, 9.17) is 9.15 Å². The van der Waals surface area contributed by atoms with Crippen LogP contribution in [0.2, 0.25) is 0 Å². The Morgan fingerprint density at radius 2 is 2.20 bits per heavy atom. The van der Waals surface area contributed by atoms with Crippen LogP contribution in [-0.4, -0.2) is 22.3 Å². The Balaban J connectivity index is 2.42. The predicted molar refractivity (Wildman–Crippen MR) is 48.8 cm³/mol. The maximum Gasteiger partial charge on any atom is 0.266 e. The number of ether oxygens (including phenoxy) is 1. The molecule has 0 saturated heterocycles. The minimum atomic E-state index is -0.515. The highest BCUT2D eigenvalue weighted by Crippen LogP contribution is 2.21. The fourth-order valence-corrected chi connectivity index (χ4v) is 1.09. The van der Waals surface area contributed by atoms with Gasteiger partial charge in [-0.2, -0.15) is 0 Å². The lowest BCUT2D eigenvalue weighted by molar-refractivity contribution is 0.384. The number of methoxy groups -OCH3 is 1. The minimum absolute atomic E-state index is 0.0787.